The second-order valence-corrected chi connectivity index (χ2v) is 7.65. The molecular formula is C14H23N2O8P. The molecule has 0 amide bonds. The lowest BCUT2D eigenvalue weighted by Crippen LogP contribution is -2.41. The van der Waals surface area contributed by atoms with Gasteiger partial charge in [0.05, 0.1) is 12.3 Å². The molecule has 1 aromatic rings. The number of aromatic nitrogens is 2. The van der Waals surface area contributed by atoms with E-state index < -0.39 is 49.3 Å². The van der Waals surface area contributed by atoms with Gasteiger partial charge in [-0.05, 0) is 12.8 Å². The van der Waals surface area contributed by atoms with Crippen LogP contribution in [0.1, 0.15) is 20.1 Å². The highest BCUT2D eigenvalue weighted by atomic mass is 31.2. The van der Waals surface area contributed by atoms with Crippen molar-refractivity contribution in [1.82, 2.24) is 9.55 Å². The molecular weight excluding hydrogens is 355 g/mol. The molecule has 3 N–H and O–H groups in total. The van der Waals surface area contributed by atoms with Crippen molar-refractivity contribution in [2.45, 2.75) is 38.4 Å². The van der Waals surface area contributed by atoms with Crippen LogP contribution in [0.5, 0.6) is 0 Å². The van der Waals surface area contributed by atoms with Crippen LogP contribution >= 0.6 is 7.60 Å². The zero-order valence-electron chi connectivity index (χ0n) is 14.2. The molecule has 25 heavy (non-hydrogen) atoms. The molecule has 0 bridgehead atoms. The first-order valence-corrected chi connectivity index (χ1v) is 9.63. The molecule has 4 unspecified atom stereocenters. The standard InChI is InChI=1S/C14H23N2O8P/c1-4-23-11-10(8(2)7-25(19,20)21)24-13(12(11)22-3)16-6-5-9(17)15-14(16)18/h5-6,8,10-13H,4,7H2,1-3H3,(H,15,17,18)(H2,19,20,21)/t8-,10?,11?,12?,13?/m1/s1. The molecule has 1 aromatic heterocycles. The summed E-state index contributed by atoms with van der Waals surface area (Å²) in [6.07, 6.45) is -1.99. The zero-order valence-corrected chi connectivity index (χ0v) is 15.1. The van der Waals surface area contributed by atoms with Crippen LogP contribution in [0, 0.1) is 5.92 Å². The Bertz CT molecular complexity index is 741. The lowest BCUT2D eigenvalue weighted by atomic mass is 9.99. The number of aromatic amines is 1. The first kappa shape index (κ1) is 20.0. The highest BCUT2D eigenvalue weighted by Crippen LogP contribution is 2.42. The molecule has 142 valence electrons. The smallest absolute Gasteiger partial charge is 0.330 e. The molecule has 5 atom stereocenters. The van der Waals surface area contributed by atoms with Gasteiger partial charge in [0.2, 0.25) is 0 Å². The Morgan fingerprint density at radius 3 is 2.60 bits per heavy atom. The Balaban J connectivity index is 2.37. The summed E-state index contributed by atoms with van der Waals surface area (Å²) in [4.78, 5) is 43.9. The van der Waals surface area contributed by atoms with E-state index in [9.17, 15) is 23.9 Å². The average Bonchev–Trinajstić information content (AvgIpc) is 2.84. The van der Waals surface area contributed by atoms with E-state index in [1.165, 1.54) is 23.9 Å². The van der Waals surface area contributed by atoms with Crippen LogP contribution in [-0.2, 0) is 18.8 Å². The molecule has 0 spiro atoms. The van der Waals surface area contributed by atoms with Crippen LogP contribution in [0.3, 0.4) is 0 Å². The first-order valence-electron chi connectivity index (χ1n) is 7.83. The monoisotopic (exact) mass is 378 g/mol. The highest BCUT2D eigenvalue weighted by molar-refractivity contribution is 7.51. The van der Waals surface area contributed by atoms with Crippen molar-refractivity contribution in [3.8, 4) is 0 Å². The van der Waals surface area contributed by atoms with Gasteiger partial charge in [0, 0.05) is 26.0 Å². The van der Waals surface area contributed by atoms with Gasteiger partial charge < -0.3 is 24.0 Å². The summed E-state index contributed by atoms with van der Waals surface area (Å²) in [7, 11) is -2.82. The predicted molar refractivity (Wildman–Crippen MR) is 87.5 cm³/mol. The second kappa shape index (κ2) is 7.94. The lowest BCUT2D eigenvalue weighted by Gasteiger charge is -2.26. The Morgan fingerprint density at radius 2 is 2.08 bits per heavy atom. The van der Waals surface area contributed by atoms with Crippen LogP contribution < -0.4 is 11.2 Å². The van der Waals surface area contributed by atoms with E-state index >= 15 is 0 Å². The van der Waals surface area contributed by atoms with Gasteiger partial charge in [0.1, 0.15) is 12.2 Å². The van der Waals surface area contributed by atoms with Gasteiger partial charge in [-0.25, -0.2) is 4.79 Å². The van der Waals surface area contributed by atoms with E-state index in [4.69, 9.17) is 14.2 Å². The third-order valence-corrected chi connectivity index (χ3v) is 5.12. The quantitative estimate of drug-likeness (QED) is 0.548. The molecule has 10 nitrogen and oxygen atoms in total. The summed E-state index contributed by atoms with van der Waals surface area (Å²) >= 11 is 0. The lowest BCUT2D eigenvalue weighted by molar-refractivity contribution is -0.0617. The fourth-order valence-corrected chi connectivity index (χ4v) is 4.04. The molecule has 1 saturated heterocycles. The highest BCUT2D eigenvalue weighted by Gasteiger charge is 2.49. The van der Waals surface area contributed by atoms with Gasteiger partial charge in [-0.1, -0.05) is 6.92 Å². The van der Waals surface area contributed by atoms with Crippen molar-refractivity contribution in [2.24, 2.45) is 5.92 Å². The number of nitrogens with one attached hydrogen (secondary N) is 1. The van der Waals surface area contributed by atoms with Crippen LogP contribution in [0.4, 0.5) is 0 Å². The number of H-pyrrole nitrogens is 1. The first-order chi connectivity index (χ1) is 11.7. The molecule has 0 radical (unpaired) electrons. The molecule has 0 saturated carbocycles. The van der Waals surface area contributed by atoms with Gasteiger partial charge in [0.25, 0.3) is 5.56 Å². The number of ether oxygens (including phenoxy) is 3. The summed E-state index contributed by atoms with van der Waals surface area (Å²) < 4.78 is 29.5. The van der Waals surface area contributed by atoms with Crippen LogP contribution in [-0.4, -0.2) is 57.5 Å². The van der Waals surface area contributed by atoms with E-state index in [1.54, 1.807) is 13.8 Å². The summed E-state index contributed by atoms with van der Waals surface area (Å²) in [6, 6.07) is 1.18. The van der Waals surface area contributed by atoms with Gasteiger partial charge in [-0.3, -0.25) is 18.9 Å². The normalized spacial score (nSPS) is 28.2. The van der Waals surface area contributed by atoms with Crippen molar-refractivity contribution in [2.75, 3.05) is 19.9 Å². The predicted octanol–water partition coefficient (Wildman–Crippen LogP) is -0.332. The minimum atomic E-state index is -4.25. The Hall–Kier alpha value is -1.29. The summed E-state index contributed by atoms with van der Waals surface area (Å²) in [5, 5.41) is 0. The topological polar surface area (TPSA) is 140 Å². The maximum atomic E-state index is 12.1. The van der Waals surface area contributed by atoms with Crippen molar-refractivity contribution < 1.29 is 28.6 Å². The Labute approximate surface area is 143 Å². The number of hydrogen-bond donors (Lipinski definition) is 3. The van der Waals surface area contributed by atoms with Crippen LogP contribution in [0.2, 0.25) is 0 Å². The minimum absolute atomic E-state index is 0.334. The number of nitrogens with zero attached hydrogens (tertiary/aromatic N) is 1. The minimum Gasteiger partial charge on any atom is -0.374 e. The van der Waals surface area contributed by atoms with E-state index in [-0.39, 0.29) is 6.16 Å². The van der Waals surface area contributed by atoms with Gasteiger partial charge in [-0.15, -0.1) is 0 Å². The number of rotatable bonds is 7. The molecule has 2 rings (SSSR count). The third kappa shape index (κ3) is 4.66. The maximum absolute atomic E-state index is 12.1. The summed E-state index contributed by atoms with van der Waals surface area (Å²) in [5.41, 5.74) is -1.21. The Kier molecular flexibility index (Phi) is 6.36. The summed E-state index contributed by atoms with van der Waals surface area (Å²) in [6.45, 7) is 3.75. The third-order valence-electron chi connectivity index (χ3n) is 4.07. The SMILES string of the molecule is CCOC1C(OC)C(n2ccc(=O)[nH]c2=O)OC1[C@H](C)CP(=O)(O)O. The van der Waals surface area contributed by atoms with Gasteiger partial charge >= 0.3 is 13.3 Å². The van der Waals surface area contributed by atoms with Crippen LogP contribution in [0.25, 0.3) is 0 Å². The fourth-order valence-electron chi connectivity index (χ4n) is 3.09. The van der Waals surface area contributed by atoms with Gasteiger partial charge in [0.15, 0.2) is 6.23 Å². The zero-order chi connectivity index (χ0) is 18.8. The molecule has 2 heterocycles. The molecule has 1 aliphatic rings. The fraction of sp³-hybridized carbons (Fsp3) is 0.714. The number of methoxy groups -OCH3 is 1. The van der Waals surface area contributed by atoms with E-state index in [1.807, 2.05) is 0 Å². The second-order valence-electron chi connectivity index (χ2n) is 5.95. The van der Waals surface area contributed by atoms with Crippen molar-refractivity contribution in [3.05, 3.63) is 33.1 Å². The van der Waals surface area contributed by atoms with Gasteiger partial charge in [-0.2, -0.15) is 0 Å². The van der Waals surface area contributed by atoms with Crippen molar-refractivity contribution >= 4 is 7.60 Å². The van der Waals surface area contributed by atoms with E-state index in [2.05, 4.69) is 4.98 Å². The molecule has 0 aliphatic carbocycles. The molecule has 11 heteroatoms. The molecule has 0 aromatic carbocycles. The molecule has 1 aliphatic heterocycles. The average molecular weight is 378 g/mol. The number of hydrogen-bond acceptors (Lipinski definition) is 6. The summed E-state index contributed by atoms with van der Waals surface area (Å²) in [5.74, 6) is -0.543. The van der Waals surface area contributed by atoms with Crippen molar-refractivity contribution in [3.63, 3.8) is 0 Å². The largest absolute Gasteiger partial charge is 0.374 e. The Morgan fingerprint density at radius 1 is 1.40 bits per heavy atom. The maximum Gasteiger partial charge on any atom is 0.330 e. The van der Waals surface area contributed by atoms with Crippen LogP contribution in [0.15, 0.2) is 21.9 Å². The van der Waals surface area contributed by atoms with E-state index in [0.29, 0.717) is 6.61 Å². The van der Waals surface area contributed by atoms with E-state index in [0.717, 1.165) is 0 Å². The molecule has 1 fully saturated rings. The van der Waals surface area contributed by atoms with Crippen molar-refractivity contribution in [1.29, 1.82) is 0 Å².